The third-order valence-corrected chi connectivity index (χ3v) is 3.77. The molecule has 0 heterocycles. The highest BCUT2D eigenvalue weighted by Gasteiger charge is 2.32. The zero-order chi connectivity index (χ0) is 13.0. The van der Waals surface area contributed by atoms with Crippen molar-refractivity contribution in [2.45, 2.75) is 25.8 Å². The lowest BCUT2D eigenvalue weighted by atomic mass is 10.1. The lowest BCUT2D eigenvalue weighted by Crippen LogP contribution is -2.41. The summed E-state index contributed by atoms with van der Waals surface area (Å²) in [7, 11) is 2.15. The number of hydrogen-bond donors (Lipinski definition) is 1. The molecule has 1 saturated carbocycles. The molecule has 0 bridgehead atoms. The molecule has 1 aliphatic carbocycles. The Morgan fingerprint density at radius 2 is 2.11 bits per heavy atom. The van der Waals surface area contributed by atoms with Gasteiger partial charge >= 0.3 is 0 Å². The number of likely N-dealkylation sites (N-methyl/N-ethyl adjacent to an activating group) is 1. The topological polar surface area (TPSA) is 38.5 Å². The molecular weight excluding hydrogens is 224 g/mol. The van der Waals surface area contributed by atoms with E-state index in [9.17, 15) is 0 Å². The van der Waals surface area contributed by atoms with Crippen molar-refractivity contribution in [3.05, 3.63) is 29.8 Å². The second-order valence-corrected chi connectivity index (χ2v) is 5.24. The fraction of sp³-hybridized carbons (Fsp3) is 0.600. The Kier molecular flexibility index (Phi) is 4.61. The third-order valence-electron chi connectivity index (χ3n) is 3.77. The number of nitrogens with zero attached hydrogens (tertiary/aromatic N) is 1. The zero-order valence-electron chi connectivity index (χ0n) is 11.4. The van der Waals surface area contributed by atoms with Gasteiger partial charge in [-0.1, -0.05) is 18.2 Å². The molecule has 18 heavy (non-hydrogen) atoms. The zero-order valence-corrected chi connectivity index (χ0v) is 11.4. The van der Waals surface area contributed by atoms with Gasteiger partial charge in [0.2, 0.25) is 0 Å². The molecule has 1 atom stereocenters. The van der Waals surface area contributed by atoms with E-state index in [4.69, 9.17) is 10.5 Å². The van der Waals surface area contributed by atoms with Gasteiger partial charge in [0, 0.05) is 19.1 Å². The van der Waals surface area contributed by atoms with E-state index in [-0.39, 0.29) is 0 Å². The van der Waals surface area contributed by atoms with Crippen molar-refractivity contribution in [1.29, 1.82) is 0 Å². The van der Waals surface area contributed by atoms with Crippen LogP contribution in [0, 0.1) is 12.8 Å². The molecule has 1 fully saturated rings. The van der Waals surface area contributed by atoms with E-state index in [0.717, 1.165) is 31.4 Å². The maximum absolute atomic E-state index is 5.84. The van der Waals surface area contributed by atoms with Crippen molar-refractivity contribution in [2.24, 2.45) is 11.7 Å². The van der Waals surface area contributed by atoms with E-state index < -0.39 is 0 Å². The summed E-state index contributed by atoms with van der Waals surface area (Å²) in [4.78, 5) is 2.34. The van der Waals surface area contributed by atoms with E-state index in [1.807, 2.05) is 18.2 Å². The molecule has 1 aromatic rings. The lowest BCUT2D eigenvalue weighted by molar-refractivity contribution is 0.179. The summed E-state index contributed by atoms with van der Waals surface area (Å²) in [5, 5.41) is 0. The Bertz CT molecular complexity index is 377. The predicted octanol–water partition coefficient (Wildman–Crippen LogP) is 2.04. The molecule has 0 spiro atoms. The summed E-state index contributed by atoms with van der Waals surface area (Å²) >= 11 is 0. The van der Waals surface area contributed by atoms with Crippen LogP contribution >= 0.6 is 0 Å². The highest BCUT2D eigenvalue weighted by atomic mass is 16.5. The van der Waals surface area contributed by atoms with Gasteiger partial charge < -0.3 is 10.5 Å². The summed E-state index contributed by atoms with van der Waals surface area (Å²) in [5.41, 5.74) is 7.03. The maximum atomic E-state index is 5.84. The number of para-hydroxylation sites is 1. The lowest BCUT2D eigenvalue weighted by Gasteiger charge is -2.26. The van der Waals surface area contributed by atoms with Crippen LogP contribution < -0.4 is 10.5 Å². The maximum Gasteiger partial charge on any atom is 0.122 e. The number of aryl methyl sites for hydroxylation is 1. The van der Waals surface area contributed by atoms with E-state index in [0.29, 0.717) is 6.04 Å². The predicted molar refractivity (Wildman–Crippen MR) is 74.9 cm³/mol. The number of benzene rings is 1. The van der Waals surface area contributed by atoms with Crippen molar-refractivity contribution >= 4 is 0 Å². The first-order valence-corrected chi connectivity index (χ1v) is 6.81. The first-order chi connectivity index (χ1) is 8.72. The van der Waals surface area contributed by atoms with Gasteiger partial charge in [0.25, 0.3) is 0 Å². The van der Waals surface area contributed by atoms with Gasteiger partial charge in [-0.25, -0.2) is 0 Å². The van der Waals surface area contributed by atoms with E-state index in [1.54, 1.807) is 0 Å². The Balaban J connectivity index is 1.76. The standard InChI is InChI=1S/C15H24N2O/c1-12-5-3-4-6-15(12)18-10-9-17(2)14(11-16)13-7-8-13/h3-6,13-14H,7-11,16H2,1-2H3. The minimum atomic E-state index is 0.533. The monoisotopic (exact) mass is 248 g/mol. The van der Waals surface area contributed by atoms with Gasteiger partial charge in [-0.05, 0) is 44.4 Å². The van der Waals surface area contributed by atoms with E-state index in [1.165, 1.54) is 18.4 Å². The second-order valence-electron chi connectivity index (χ2n) is 5.24. The van der Waals surface area contributed by atoms with Crippen LogP contribution in [0.4, 0.5) is 0 Å². The summed E-state index contributed by atoms with van der Waals surface area (Å²) in [6, 6.07) is 8.68. The molecule has 0 saturated heterocycles. The average molecular weight is 248 g/mol. The number of rotatable bonds is 7. The molecule has 3 heteroatoms. The van der Waals surface area contributed by atoms with E-state index in [2.05, 4.69) is 24.9 Å². The minimum Gasteiger partial charge on any atom is -0.492 e. The van der Waals surface area contributed by atoms with Gasteiger partial charge in [-0.3, -0.25) is 4.90 Å². The minimum absolute atomic E-state index is 0.533. The van der Waals surface area contributed by atoms with Crippen LogP contribution in [-0.2, 0) is 0 Å². The Morgan fingerprint density at radius 1 is 1.39 bits per heavy atom. The normalized spacial score (nSPS) is 16.9. The summed E-state index contributed by atoms with van der Waals surface area (Å²) in [5.74, 6) is 1.81. The molecule has 1 aromatic carbocycles. The second kappa shape index (κ2) is 6.21. The third kappa shape index (κ3) is 3.47. The Morgan fingerprint density at radius 3 is 2.72 bits per heavy atom. The first kappa shape index (κ1) is 13.4. The van der Waals surface area contributed by atoms with Crippen LogP contribution in [0.15, 0.2) is 24.3 Å². The van der Waals surface area contributed by atoms with Crippen molar-refractivity contribution in [3.8, 4) is 5.75 Å². The van der Waals surface area contributed by atoms with Gasteiger partial charge in [0.05, 0.1) is 0 Å². The number of ether oxygens (including phenoxy) is 1. The SMILES string of the molecule is Cc1ccccc1OCCN(C)C(CN)C1CC1. The molecule has 0 amide bonds. The first-order valence-electron chi connectivity index (χ1n) is 6.81. The largest absolute Gasteiger partial charge is 0.492 e. The molecule has 0 aromatic heterocycles. The van der Waals surface area contributed by atoms with Crippen molar-refractivity contribution < 1.29 is 4.74 Å². The van der Waals surface area contributed by atoms with Crippen molar-refractivity contribution in [1.82, 2.24) is 4.90 Å². The summed E-state index contributed by atoms with van der Waals surface area (Å²) in [6.07, 6.45) is 2.68. The van der Waals surface area contributed by atoms with Crippen LogP contribution in [0.3, 0.4) is 0 Å². The van der Waals surface area contributed by atoms with Crippen LogP contribution in [0.25, 0.3) is 0 Å². The van der Waals surface area contributed by atoms with Gasteiger partial charge in [-0.15, -0.1) is 0 Å². The van der Waals surface area contributed by atoms with Gasteiger partial charge in [-0.2, -0.15) is 0 Å². The highest BCUT2D eigenvalue weighted by Crippen LogP contribution is 2.34. The van der Waals surface area contributed by atoms with Crippen LogP contribution in [0.2, 0.25) is 0 Å². The average Bonchev–Trinajstić information content (AvgIpc) is 3.17. The number of nitrogens with two attached hydrogens (primary N) is 1. The van der Waals surface area contributed by atoms with Crippen molar-refractivity contribution in [2.75, 3.05) is 26.7 Å². The van der Waals surface area contributed by atoms with Gasteiger partial charge in [0.15, 0.2) is 0 Å². The highest BCUT2D eigenvalue weighted by molar-refractivity contribution is 5.31. The fourth-order valence-electron chi connectivity index (χ4n) is 2.40. The molecule has 2 rings (SSSR count). The summed E-state index contributed by atoms with van der Waals surface area (Å²) in [6.45, 7) is 4.49. The van der Waals surface area contributed by atoms with Crippen molar-refractivity contribution in [3.63, 3.8) is 0 Å². The Hall–Kier alpha value is -1.06. The smallest absolute Gasteiger partial charge is 0.122 e. The number of hydrogen-bond acceptors (Lipinski definition) is 3. The molecule has 1 aliphatic rings. The van der Waals surface area contributed by atoms with Crippen LogP contribution in [0.1, 0.15) is 18.4 Å². The Labute approximate surface area is 110 Å². The fourth-order valence-corrected chi connectivity index (χ4v) is 2.40. The van der Waals surface area contributed by atoms with Crippen LogP contribution in [0.5, 0.6) is 5.75 Å². The van der Waals surface area contributed by atoms with Gasteiger partial charge in [0.1, 0.15) is 12.4 Å². The molecule has 100 valence electrons. The van der Waals surface area contributed by atoms with Crippen LogP contribution in [-0.4, -0.2) is 37.7 Å². The molecule has 3 nitrogen and oxygen atoms in total. The molecule has 1 unspecified atom stereocenters. The molecule has 0 aliphatic heterocycles. The quantitative estimate of drug-likeness (QED) is 0.802. The van der Waals surface area contributed by atoms with E-state index >= 15 is 0 Å². The summed E-state index contributed by atoms with van der Waals surface area (Å²) < 4.78 is 5.82. The molecule has 0 radical (unpaired) electrons. The molecular formula is C15H24N2O. The molecule has 2 N–H and O–H groups in total.